The van der Waals surface area contributed by atoms with Gasteiger partial charge in [-0.1, -0.05) is 84.2 Å². The average Bonchev–Trinajstić information content (AvgIpc) is 3.51. The summed E-state index contributed by atoms with van der Waals surface area (Å²) in [6, 6.07) is 26.7. The molecular formula is C38H44BrN7O3. The van der Waals surface area contributed by atoms with Crippen molar-refractivity contribution in [3.63, 3.8) is 0 Å². The molecule has 1 atom stereocenters. The van der Waals surface area contributed by atoms with E-state index in [4.69, 9.17) is 5.73 Å². The first kappa shape index (κ1) is 36.7. The van der Waals surface area contributed by atoms with E-state index in [9.17, 15) is 14.4 Å². The fourth-order valence-corrected chi connectivity index (χ4v) is 5.62. The molecule has 1 aromatic heterocycles. The van der Waals surface area contributed by atoms with Crippen LogP contribution in [0.4, 0.5) is 5.69 Å². The Morgan fingerprint density at radius 1 is 0.939 bits per heavy atom. The highest BCUT2D eigenvalue weighted by atomic mass is 79.9. The van der Waals surface area contributed by atoms with E-state index in [-0.39, 0.29) is 17.9 Å². The van der Waals surface area contributed by atoms with E-state index < -0.39 is 0 Å². The van der Waals surface area contributed by atoms with Gasteiger partial charge in [-0.25, -0.2) is 0 Å². The van der Waals surface area contributed by atoms with E-state index in [1.807, 2.05) is 73.8 Å². The second-order valence-electron chi connectivity index (χ2n) is 11.6. The van der Waals surface area contributed by atoms with Crippen LogP contribution in [0, 0.1) is 0 Å². The second-order valence-corrected chi connectivity index (χ2v) is 12.5. The highest BCUT2D eigenvalue weighted by Gasteiger charge is 2.18. The standard InChI is InChI=1S/C29H24BrN3O2.C9H20N4O/c1-18(14-22-17-31-26-9-5-4-8-24(22)26)32-29(35)25-16-23(30)12-13-27(25)33-28(34)21-11-10-19-6-2-3-7-20(19)15-21;1-2-3-4-5-12-9(10)13-7-6-11-8-14/h2-13,15-18,31H,14H2,1H3,(H,32,35)(H,33,34);8H,2-7H2,1H3,(H,11,14)(H3,10,12,13). The van der Waals surface area contributed by atoms with Gasteiger partial charge in [0.25, 0.3) is 11.8 Å². The van der Waals surface area contributed by atoms with Crippen LogP contribution in [0.1, 0.15) is 59.4 Å². The van der Waals surface area contributed by atoms with Crippen molar-refractivity contribution in [2.75, 3.05) is 25.0 Å². The summed E-state index contributed by atoms with van der Waals surface area (Å²) in [5.74, 6) is -0.0554. The maximum absolute atomic E-state index is 13.2. The number of nitrogens with zero attached hydrogens (tertiary/aromatic N) is 1. The smallest absolute Gasteiger partial charge is 0.255 e. The molecule has 0 spiro atoms. The number of anilines is 1. The minimum absolute atomic E-state index is 0.107. The number of unbranched alkanes of at least 4 members (excludes halogenated alkanes) is 2. The number of nitrogens with two attached hydrogens (primary N) is 1. The van der Waals surface area contributed by atoms with Gasteiger partial charge in [0.15, 0.2) is 5.96 Å². The number of carbonyl (C=O) groups excluding carboxylic acids is 3. The molecule has 0 saturated heterocycles. The molecule has 0 saturated carbocycles. The molecule has 5 aromatic rings. The molecule has 11 heteroatoms. The molecule has 0 aliphatic heterocycles. The van der Waals surface area contributed by atoms with Gasteiger partial charge in [-0.2, -0.15) is 0 Å². The van der Waals surface area contributed by atoms with Crippen LogP contribution >= 0.6 is 15.9 Å². The Hall–Kier alpha value is -5.16. The number of halogens is 1. The predicted molar refractivity (Wildman–Crippen MR) is 203 cm³/mol. The molecular weight excluding hydrogens is 682 g/mol. The monoisotopic (exact) mass is 725 g/mol. The summed E-state index contributed by atoms with van der Waals surface area (Å²) in [7, 11) is 0. The molecule has 0 bridgehead atoms. The summed E-state index contributed by atoms with van der Waals surface area (Å²) in [5.41, 5.74) is 9.18. The van der Waals surface area contributed by atoms with Crippen LogP contribution < -0.4 is 27.0 Å². The van der Waals surface area contributed by atoms with Crippen LogP contribution in [0.3, 0.4) is 0 Å². The van der Waals surface area contributed by atoms with Crippen LogP contribution in [-0.4, -0.2) is 54.8 Å². The van der Waals surface area contributed by atoms with Crippen molar-refractivity contribution >= 4 is 67.5 Å². The third kappa shape index (κ3) is 11.2. The first-order valence-electron chi connectivity index (χ1n) is 16.5. The van der Waals surface area contributed by atoms with Gasteiger partial charge < -0.3 is 32.0 Å². The van der Waals surface area contributed by atoms with Crippen molar-refractivity contribution in [3.8, 4) is 0 Å². The van der Waals surface area contributed by atoms with Gasteiger partial charge in [0.2, 0.25) is 6.41 Å². The second kappa shape index (κ2) is 19.0. The summed E-state index contributed by atoms with van der Waals surface area (Å²) in [6.07, 6.45) is 6.78. The van der Waals surface area contributed by atoms with Crippen molar-refractivity contribution < 1.29 is 14.4 Å². The van der Waals surface area contributed by atoms with Gasteiger partial charge >= 0.3 is 0 Å². The van der Waals surface area contributed by atoms with Crippen molar-refractivity contribution in [2.24, 2.45) is 10.7 Å². The normalized spacial score (nSPS) is 11.7. The van der Waals surface area contributed by atoms with Gasteiger partial charge in [-0.3, -0.25) is 19.4 Å². The summed E-state index contributed by atoms with van der Waals surface area (Å²) in [6.45, 7) is 6.08. The summed E-state index contributed by atoms with van der Waals surface area (Å²) in [5, 5.41) is 14.6. The number of rotatable bonds is 14. The van der Waals surface area contributed by atoms with E-state index >= 15 is 0 Å². The first-order chi connectivity index (χ1) is 23.8. The lowest BCUT2D eigenvalue weighted by atomic mass is 10.0. The summed E-state index contributed by atoms with van der Waals surface area (Å²) in [4.78, 5) is 43.5. The van der Waals surface area contributed by atoms with Crippen molar-refractivity contribution in [2.45, 2.75) is 45.6 Å². The topological polar surface area (TPSA) is 154 Å². The average molecular weight is 727 g/mol. The van der Waals surface area contributed by atoms with E-state index in [2.05, 4.69) is 60.2 Å². The molecule has 0 aliphatic carbocycles. The van der Waals surface area contributed by atoms with Gasteiger partial charge in [-0.15, -0.1) is 0 Å². The molecule has 49 heavy (non-hydrogen) atoms. The Morgan fingerprint density at radius 2 is 1.71 bits per heavy atom. The molecule has 0 fully saturated rings. The number of benzene rings is 4. The molecule has 0 radical (unpaired) electrons. The molecule has 0 aliphatic rings. The van der Waals surface area contributed by atoms with Crippen molar-refractivity contribution in [1.82, 2.24) is 20.9 Å². The van der Waals surface area contributed by atoms with Gasteiger partial charge in [0, 0.05) is 52.8 Å². The maximum atomic E-state index is 13.2. The fraction of sp³-hybridized carbons (Fsp3) is 0.263. The zero-order chi connectivity index (χ0) is 35.0. The van der Waals surface area contributed by atoms with E-state index in [0.29, 0.717) is 48.7 Å². The SMILES string of the molecule is CC(Cc1c[nH]c2ccccc12)NC(=O)c1cc(Br)ccc1NC(=O)c1ccc2ccccc2c1.CCCCCN=C(N)NCCNC=O. The summed E-state index contributed by atoms with van der Waals surface area (Å²) < 4.78 is 0.760. The number of carbonyl (C=O) groups is 3. The number of aliphatic imine (C=N–C) groups is 1. The number of hydrogen-bond donors (Lipinski definition) is 6. The van der Waals surface area contributed by atoms with Crippen molar-refractivity contribution in [3.05, 3.63) is 112 Å². The Bertz CT molecular complexity index is 1890. The number of para-hydroxylation sites is 1. The molecule has 1 unspecified atom stereocenters. The third-order valence-corrected chi connectivity index (χ3v) is 8.26. The molecule has 3 amide bonds. The van der Waals surface area contributed by atoms with Gasteiger partial charge in [-0.05, 0) is 72.5 Å². The Morgan fingerprint density at radius 3 is 2.51 bits per heavy atom. The number of guanidine groups is 1. The number of nitrogens with one attached hydrogen (secondary N) is 5. The van der Waals surface area contributed by atoms with Crippen LogP contribution in [0.15, 0.2) is 101 Å². The number of H-pyrrole nitrogens is 1. The molecule has 5 rings (SSSR count). The Balaban J connectivity index is 0.000000328. The van der Waals surface area contributed by atoms with Crippen LogP contribution in [0.25, 0.3) is 21.7 Å². The zero-order valence-electron chi connectivity index (χ0n) is 27.9. The number of hydrogen-bond acceptors (Lipinski definition) is 4. The molecule has 1 heterocycles. The molecule has 10 nitrogen and oxygen atoms in total. The fourth-order valence-electron chi connectivity index (χ4n) is 5.26. The predicted octanol–water partition coefficient (Wildman–Crippen LogP) is 6.52. The lowest BCUT2D eigenvalue weighted by molar-refractivity contribution is -0.109. The van der Waals surface area contributed by atoms with Gasteiger partial charge in [0.05, 0.1) is 11.3 Å². The number of aromatic nitrogens is 1. The molecule has 256 valence electrons. The third-order valence-electron chi connectivity index (χ3n) is 7.77. The highest BCUT2D eigenvalue weighted by Crippen LogP contribution is 2.24. The largest absolute Gasteiger partial charge is 0.370 e. The van der Waals surface area contributed by atoms with Crippen molar-refractivity contribution in [1.29, 1.82) is 0 Å². The number of fused-ring (bicyclic) bond motifs is 2. The summed E-state index contributed by atoms with van der Waals surface area (Å²) >= 11 is 3.45. The highest BCUT2D eigenvalue weighted by molar-refractivity contribution is 9.10. The Kier molecular flexibility index (Phi) is 14.2. The minimum Gasteiger partial charge on any atom is -0.370 e. The van der Waals surface area contributed by atoms with E-state index in [1.54, 1.807) is 18.2 Å². The zero-order valence-corrected chi connectivity index (χ0v) is 29.5. The first-order valence-corrected chi connectivity index (χ1v) is 17.2. The van der Waals surface area contributed by atoms with E-state index in [1.165, 1.54) is 12.8 Å². The quantitative estimate of drug-likeness (QED) is 0.0333. The van der Waals surface area contributed by atoms with Crippen LogP contribution in [0.5, 0.6) is 0 Å². The van der Waals surface area contributed by atoms with Gasteiger partial charge in [0.1, 0.15) is 0 Å². The lowest BCUT2D eigenvalue weighted by Gasteiger charge is -2.16. The maximum Gasteiger partial charge on any atom is 0.255 e. The molecule has 4 aromatic carbocycles. The number of amides is 3. The van der Waals surface area contributed by atoms with Crippen LogP contribution in [-0.2, 0) is 11.2 Å². The van der Waals surface area contributed by atoms with E-state index in [0.717, 1.165) is 44.7 Å². The number of aromatic amines is 1. The molecule has 7 N–H and O–H groups in total. The lowest BCUT2D eigenvalue weighted by Crippen LogP contribution is -2.36. The van der Waals surface area contributed by atoms with Crippen LogP contribution in [0.2, 0.25) is 0 Å². The minimum atomic E-state index is -0.265. The Labute approximate surface area is 295 Å².